The second kappa shape index (κ2) is 40.8. The number of amides is 2. The highest BCUT2D eigenvalue weighted by Crippen LogP contribution is 2.40. The van der Waals surface area contributed by atoms with Gasteiger partial charge in [0.15, 0.2) is 17.6 Å². The quantitative estimate of drug-likeness (QED) is 0.0311. The van der Waals surface area contributed by atoms with Crippen molar-refractivity contribution in [2.45, 2.75) is 238 Å². The number of hydrogen-bond acceptors (Lipinski definition) is 10. The van der Waals surface area contributed by atoms with Crippen LogP contribution in [0.2, 0.25) is 0 Å². The van der Waals surface area contributed by atoms with Crippen molar-refractivity contribution < 1.29 is 49.3 Å². The molecule has 12 nitrogen and oxygen atoms in total. The average molecular weight is 895 g/mol. The highest BCUT2D eigenvalue weighted by molar-refractivity contribution is 5.95. The van der Waals surface area contributed by atoms with Gasteiger partial charge in [-0.15, -0.1) is 0 Å². The number of carbonyl (C=O) groups is 2. The van der Waals surface area contributed by atoms with Gasteiger partial charge in [0.1, 0.15) is 18.3 Å². The fourth-order valence-electron chi connectivity index (χ4n) is 7.62. The van der Waals surface area contributed by atoms with Crippen molar-refractivity contribution in [3.05, 3.63) is 17.7 Å². The van der Waals surface area contributed by atoms with Gasteiger partial charge in [0.2, 0.25) is 5.75 Å². The fourth-order valence-corrected chi connectivity index (χ4v) is 7.62. The van der Waals surface area contributed by atoms with Crippen LogP contribution < -0.4 is 24.8 Å². The van der Waals surface area contributed by atoms with Gasteiger partial charge < -0.3 is 50.4 Å². The van der Waals surface area contributed by atoms with Gasteiger partial charge in [-0.2, -0.15) is 0 Å². The summed E-state index contributed by atoms with van der Waals surface area (Å²) in [6, 6.07) is 3.39. The highest BCUT2D eigenvalue weighted by Gasteiger charge is 2.34. The summed E-state index contributed by atoms with van der Waals surface area (Å²) >= 11 is 0. The van der Waals surface area contributed by atoms with Crippen molar-refractivity contribution in [3.8, 4) is 17.2 Å². The smallest absolute Gasteiger partial charge is 0.251 e. The van der Waals surface area contributed by atoms with Crippen molar-refractivity contribution in [1.82, 2.24) is 10.6 Å². The fraction of sp³-hybridized carbons (Fsp3) is 0.843. The van der Waals surface area contributed by atoms with Crippen molar-refractivity contribution in [2.75, 3.05) is 39.5 Å². The first kappa shape index (κ1) is 58.4. The number of nitrogens with one attached hydrogen (secondary N) is 2. The molecule has 2 amide bonds. The minimum atomic E-state index is -2.06. The summed E-state index contributed by atoms with van der Waals surface area (Å²) < 4.78 is 19.3. The Balaban J connectivity index is 3.01. The van der Waals surface area contributed by atoms with Gasteiger partial charge in [0, 0.05) is 18.7 Å². The standard InChI is InChI=1S/C51H94N2O10/c1-4-7-10-13-16-19-22-25-28-31-36-61-44-39-42(50(59)52-34-35-53-51(60)48(58)47(57)46(56)43(55)41-54)40-45(62-37-32-29-26-23-20-17-14-11-8-5-2)49(44)63-38-33-30-27-24-21-18-15-12-9-6-3/h39-40,43,46-48,54-58H,4-38,41H2,1-3H3,(H,52,59)(H,53,60)/t43-,46-,47+,48-/m0/s1. The molecule has 63 heavy (non-hydrogen) atoms. The van der Waals surface area contributed by atoms with Crippen LogP contribution in [-0.2, 0) is 4.79 Å². The van der Waals surface area contributed by atoms with Crippen LogP contribution in [-0.4, -0.2) is 101 Å². The first-order valence-corrected chi connectivity index (χ1v) is 25.7. The second-order valence-corrected chi connectivity index (χ2v) is 17.6. The van der Waals surface area contributed by atoms with Gasteiger partial charge in [-0.1, -0.05) is 194 Å². The van der Waals surface area contributed by atoms with Crippen LogP contribution in [0.4, 0.5) is 0 Å². The number of hydrogen-bond donors (Lipinski definition) is 7. The molecule has 1 aromatic rings. The molecule has 4 atom stereocenters. The van der Waals surface area contributed by atoms with E-state index in [4.69, 9.17) is 19.3 Å². The molecule has 1 rings (SSSR count). The van der Waals surface area contributed by atoms with E-state index in [-0.39, 0.29) is 13.1 Å². The minimum absolute atomic E-state index is 0.00418. The molecule has 0 aliphatic heterocycles. The Labute approximate surface area is 383 Å². The van der Waals surface area contributed by atoms with Crippen LogP contribution in [0.25, 0.3) is 0 Å². The molecular weight excluding hydrogens is 801 g/mol. The molecule has 0 aliphatic carbocycles. The lowest BCUT2D eigenvalue weighted by Gasteiger charge is -2.24. The maximum Gasteiger partial charge on any atom is 0.251 e. The Morgan fingerprint density at radius 3 is 1.17 bits per heavy atom. The number of ether oxygens (including phenoxy) is 3. The Kier molecular flexibility index (Phi) is 37.8. The second-order valence-electron chi connectivity index (χ2n) is 17.6. The molecule has 0 fully saturated rings. The molecule has 0 saturated carbocycles. The van der Waals surface area contributed by atoms with E-state index < -0.39 is 42.8 Å². The normalized spacial score (nSPS) is 13.3. The number of unbranched alkanes of at least 4 members (excludes halogenated alkanes) is 27. The van der Waals surface area contributed by atoms with Crippen molar-refractivity contribution in [1.29, 1.82) is 0 Å². The van der Waals surface area contributed by atoms with Crippen molar-refractivity contribution >= 4 is 11.8 Å². The Hall–Kier alpha value is -2.64. The van der Waals surface area contributed by atoms with Gasteiger partial charge in [-0.05, 0) is 31.4 Å². The lowest BCUT2D eigenvalue weighted by molar-refractivity contribution is -0.148. The van der Waals surface area contributed by atoms with Crippen molar-refractivity contribution in [3.63, 3.8) is 0 Å². The van der Waals surface area contributed by atoms with E-state index in [1.165, 1.54) is 141 Å². The summed E-state index contributed by atoms with van der Waals surface area (Å²) in [4.78, 5) is 26.0. The lowest BCUT2D eigenvalue weighted by atomic mass is 10.0. The average Bonchev–Trinajstić information content (AvgIpc) is 3.29. The Morgan fingerprint density at radius 2 is 0.810 bits per heavy atom. The molecule has 368 valence electrons. The summed E-state index contributed by atoms with van der Waals surface area (Å²) in [6.07, 6.45) is 28.7. The van der Waals surface area contributed by atoms with Crippen LogP contribution >= 0.6 is 0 Å². The highest BCUT2D eigenvalue weighted by atomic mass is 16.5. The first-order chi connectivity index (χ1) is 30.7. The summed E-state index contributed by atoms with van der Waals surface area (Å²) in [5, 5.41) is 53.8. The van der Waals surface area contributed by atoms with Gasteiger partial charge in [0.25, 0.3) is 11.8 Å². The Bertz CT molecular complexity index is 1190. The molecule has 12 heteroatoms. The zero-order chi connectivity index (χ0) is 46.2. The molecule has 7 N–H and O–H groups in total. The molecule has 0 bridgehead atoms. The molecule has 1 aromatic carbocycles. The van der Waals surface area contributed by atoms with Crippen LogP contribution in [0.3, 0.4) is 0 Å². The van der Waals surface area contributed by atoms with E-state index >= 15 is 0 Å². The SMILES string of the molecule is CCCCCCCCCCCCOc1cc(C(=O)NCCNC(=O)[C@@H](O)[C@H](O)[C@@H](O)[C@@H](O)CO)cc(OCCCCCCCCCCCC)c1OCCCCCCCCCCCC. The summed E-state index contributed by atoms with van der Waals surface area (Å²) in [6.45, 7) is 7.27. The van der Waals surface area contributed by atoms with E-state index in [1.54, 1.807) is 12.1 Å². The number of aliphatic hydroxyl groups is 5. The molecule has 0 aliphatic rings. The topological polar surface area (TPSA) is 187 Å². The third kappa shape index (κ3) is 29.5. The zero-order valence-electron chi connectivity index (χ0n) is 40.2. The molecule has 0 aromatic heterocycles. The maximum atomic E-state index is 13.6. The molecule has 0 radical (unpaired) electrons. The minimum Gasteiger partial charge on any atom is -0.490 e. The van der Waals surface area contributed by atoms with E-state index in [0.717, 1.165) is 51.4 Å². The zero-order valence-corrected chi connectivity index (χ0v) is 40.2. The van der Waals surface area contributed by atoms with E-state index in [0.29, 0.717) is 42.6 Å². The summed E-state index contributed by atoms with van der Waals surface area (Å²) in [7, 11) is 0. The van der Waals surface area contributed by atoms with E-state index in [1.807, 2.05) is 0 Å². The molecule has 0 heterocycles. The Morgan fingerprint density at radius 1 is 0.476 bits per heavy atom. The predicted molar refractivity (Wildman–Crippen MR) is 255 cm³/mol. The predicted octanol–water partition coefficient (Wildman–Crippen LogP) is 9.87. The number of rotatable bonds is 45. The van der Waals surface area contributed by atoms with Crippen LogP contribution in [0.5, 0.6) is 17.2 Å². The van der Waals surface area contributed by atoms with E-state index in [2.05, 4.69) is 31.4 Å². The van der Waals surface area contributed by atoms with Crippen LogP contribution in [0.1, 0.15) is 224 Å². The van der Waals surface area contributed by atoms with Crippen LogP contribution in [0.15, 0.2) is 12.1 Å². The third-order valence-electron chi connectivity index (χ3n) is 11.8. The first-order valence-electron chi connectivity index (χ1n) is 25.7. The van der Waals surface area contributed by atoms with Gasteiger partial charge >= 0.3 is 0 Å². The van der Waals surface area contributed by atoms with Gasteiger partial charge in [-0.3, -0.25) is 9.59 Å². The lowest BCUT2D eigenvalue weighted by Crippen LogP contribution is -2.52. The molecule has 0 spiro atoms. The number of aliphatic hydroxyl groups excluding tert-OH is 5. The number of benzene rings is 1. The molecule has 0 saturated heterocycles. The maximum absolute atomic E-state index is 13.6. The molecule has 0 unspecified atom stereocenters. The van der Waals surface area contributed by atoms with E-state index in [9.17, 15) is 30.0 Å². The monoisotopic (exact) mass is 895 g/mol. The van der Waals surface area contributed by atoms with Crippen LogP contribution in [0, 0.1) is 0 Å². The largest absolute Gasteiger partial charge is 0.490 e. The van der Waals surface area contributed by atoms with Gasteiger partial charge in [0.05, 0.1) is 26.4 Å². The molecular formula is C51H94N2O10. The van der Waals surface area contributed by atoms with Crippen molar-refractivity contribution in [2.24, 2.45) is 0 Å². The van der Waals surface area contributed by atoms with Gasteiger partial charge in [-0.25, -0.2) is 0 Å². The third-order valence-corrected chi connectivity index (χ3v) is 11.8. The summed E-state index contributed by atoms with van der Waals surface area (Å²) in [5.74, 6) is 0.0424. The number of carbonyl (C=O) groups excluding carboxylic acids is 2. The summed E-state index contributed by atoms with van der Waals surface area (Å²) in [5.41, 5.74) is 0.320.